The van der Waals surface area contributed by atoms with Crippen LogP contribution >= 0.6 is 7.26 Å². The van der Waals surface area contributed by atoms with Gasteiger partial charge in [0.2, 0.25) is 0 Å². The zero-order chi connectivity index (χ0) is 23.1. The third-order valence-electron chi connectivity index (χ3n) is 6.06. The van der Waals surface area contributed by atoms with Gasteiger partial charge in [-0.25, -0.2) is 0 Å². The van der Waals surface area contributed by atoms with E-state index < -0.39 is 7.26 Å². The van der Waals surface area contributed by atoms with E-state index in [1.807, 2.05) is 32.1 Å². The van der Waals surface area contributed by atoms with E-state index in [9.17, 15) is 4.79 Å². The summed E-state index contributed by atoms with van der Waals surface area (Å²) < 4.78 is 0. The summed E-state index contributed by atoms with van der Waals surface area (Å²) in [5.74, 6) is -0.0620. The molecule has 0 aliphatic heterocycles. The highest BCUT2D eigenvalue weighted by Crippen LogP contribution is 2.58. The highest BCUT2D eigenvalue weighted by atomic mass is 31.2. The standard InChI is InChI=1S/C30H28NOP/c1-3-24(2)30(32)31-29-22-14-13-15-25(29)23-33(26-16-7-4-8-17-26,27-18-9-5-10-19-27)28-20-11-6-12-21-28/h3-22H,23H2,1-2H3/p+1/b24-3+. The number of carbonyl (C=O) groups excluding carboxylic acids is 1. The zero-order valence-electron chi connectivity index (χ0n) is 19.1. The maximum absolute atomic E-state index is 12.7. The maximum Gasteiger partial charge on any atom is 0.250 e. The Morgan fingerprint density at radius 1 is 0.697 bits per heavy atom. The number of anilines is 1. The molecule has 0 heterocycles. The number of carbonyl (C=O) groups is 1. The van der Waals surface area contributed by atoms with Crippen molar-refractivity contribution in [3.8, 4) is 0 Å². The van der Waals surface area contributed by atoms with E-state index in [0.29, 0.717) is 5.57 Å². The van der Waals surface area contributed by atoms with Gasteiger partial charge < -0.3 is 5.32 Å². The second kappa shape index (κ2) is 10.4. The molecule has 0 radical (unpaired) electrons. The molecule has 4 aromatic carbocycles. The van der Waals surface area contributed by atoms with Crippen LogP contribution in [0.5, 0.6) is 0 Å². The molecule has 0 saturated carbocycles. The molecule has 0 aliphatic carbocycles. The molecule has 2 nitrogen and oxygen atoms in total. The van der Waals surface area contributed by atoms with Crippen LogP contribution in [0.3, 0.4) is 0 Å². The van der Waals surface area contributed by atoms with Crippen LogP contribution in [0.15, 0.2) is 127 Å². The Morgan fingerprint density at radius 2 is 1.12 bits per heavy atom. The van der Waals surface area contributed by atoms with Crippen molar-refractivity contribution in [2.24, 2.45) is 0 Å². The predicted octanol–water partition coefficient (Wildman–Crippen LogP) is 6.09. The van der Waals surface area contributed by atoms with E-state index in [0.717, 1.165) is 17.4 Å². The van der Waals surface area contributed by atoms with Crippen molar-refractivity contribution >= 4 is 34.8 Å². The topological polar surface area (TPSA) is 29.1 Å². The molecule has 0 atom stereocenters. The van der Waals surface area contributed by atoms with E-state index in [2.05, 4.69) is 108 Å². The number of allylic oxidation sites excluding steroid dienone is 1. The number of rotatable bonds is 7. The van der Waals surface area contributed by atoms with Gasteiger partial charge in [-0.15, -0.1) is 0 Å². The van der Waals surface area contributed by atoms with Crippen LogP contribution in [-0.2, 0) is 11.0 Å². The molecule has 0 aliphatic rings. The third-order valence-corrected chi connectivity index (χ3v) is 10.4. The second-order valence-corrected chi connectivity index (χ2v) is 11.5. The van der Waals surface area contributed by atoms with Crippen LogP contribution in [0, 0.1) is 0 Å². The first-order chi connectivity index (χ1) is 16.1. The molecule has 0 fully saturated rings. The first-order valence-corrected chi connectivity index (χ1v) is 13.2. The van der Waals surface area contributed by atoms with Crippen LogP contribution in [0.1, 0.15) is 19.4 Å². The second-order valence-electron chi connectivity index (χ2n) is 8.06. The van der Waals surface area contributed by atoms with Gasteiger partial charge in [0.25, 0.3) is 5.91 Å². The van der Waals surface area contributed by atoms with Gasteiger partial charge in [-0.3, -0.25) is 4.79 Å². The minimum Gasteiger partial charge on any atom is -0.322 e. The lowest BCUT2D eigenvalue weighted by Gasteiger charge is -2.28. The van der Waals surface area contributed by atoms with E-state index in [1.54, 1.807) is 0 Å². The molecular formula is C30H29NOP+. The highest BCUT2D eigenvalue weighted by Gasteiger charge is 2.45. The smallest absolute Gasteiger partial charge is 0.250 e. The number of amides is 1. The molecule has 33 heavy (non-hydrogen) atoms. The summed E-state index contributed by atoms with van der Waals surface area (Å²) in [6, 6.07) is 40.6. The average Bonchev–Trinajstić information content (AvgIpc) is 2.89. The molecule has 4 rings (SSSR count). The molecule has 0 saturated heterocycles. The number of nitrogens with one attached hydrogen (secondary N) is 1. The molecule has 164 valence electrons. The SMILES string of the molecule is C/C=C(\C)C(=O)Nc1ccccc1C[P+](c1ccccc1)(c1ccccc1)c1ccccc1. The van der Waals surface area contributed by atoms with Crippen LogP contribution in [-0.4, -0.2) is 5.91 Å². The summed E-state index contributed by atoms with van der Waals surface area (Å²) in [5, 5.41) is 7.13. The first kappa shape index (κ1) is 22.7. The largest absolute Gasteiger partial charge is 0.322 e. The quantitative estimate of drug-likeness (QED) is 0.268. The molecule has 0 bridgehead atoms. The number of hydrogen-bond donors (Lipinski definition) is 1. The zero-order valence-corrected chi connectivity index (χ0v) is 20.0. The van der Waals surface area contributed by atoms with Crippen molar-refractivity contribution in [2.75, 3.05) is 5.32 Å². The van der Waals surface area contributed by atoms with E-state index in [4.69, 9.17) is 0 Å². The third kappa shape index (κ3) is 4.82. The minimum atomic E-state index is -2.04. The van der Waals surface area contributed by atoms with Crippen molar-refractivity contribution < 1.29 is 4.79 Å². The van der Waals surface area contributed by atoms with Gasteiger partial charge in [0.05, 0.1) is 0 Å². The normalized spacial score (nSPS) is 11.8. The Balaban J connectivity index is 1.92. The summed E-state index contributed by atoms with van der Waals surface area (Å²) in [6.45, 7) is 3.73. The summed E-state index contributed by atoms with van der Waals surface area (Å²) in [4.78, 5) is 12.7. The molecular weight excluding hydrogens is 421 g/mol. The van der Waals surface area contributed by atoms with Gasteiger partial charge in [-0.05, 0) is 56.3 Å². The van der Waals surface area contributed by atoms with Crippen LogP contribution in [0.2, 0.25) is 0 Å². The fourth-order valence-corrected chi connectivity index (χ4v) is 8.43. The highest BCUT2D eigenvalue weighted by molar-refractivity contribution is 7.95. The average molecular weight is 451 g/mol. The first-order valence-electron chi connectivity index (χ1n) is 11.2. The van der Waals surface area contributed by atoms with E-state index in [-0.39, 0.29) is 5.91 Å². The summed E-state index contributed by atoms with van der Waals surface area (Å²) in [7, 11) is -2.04. The van der Waals surface area contributed by atoms with E-state index in [1.165, 1.54) is 15.9 Å². The van der Waals surface area contributed by atoms with Crippen molar-refractivity contribution in [3.05, 3.63) is 132 Å². The summed E-state index contributed by atoms with van der Waals surface area (Å²) >= 11 is 0. The lowest BCUT2D eigenvalue weighted by molar-refractivity contribution is -0.112. The molecule has 0 unspecified atom stereocenters. The summed E-state index contributed by atoms with van der Waals surface area (Å²) in [6.07, 6.45) is 2.66. The molecule has 0 aromatic heterocycles. The molecule has 3 heteroatoms. The monoisotopic (exact) mass is 450 g/mol. The van der Waals surface area contributed by atoms with Crippen molar-refractivity contribution in [2.45, 2.75) is 20.0 Å². The number of benzene rings is 4. The van der Waals surface area contributed by atoms with Gasteiger partial charge in [-0.1, -0.05) is 78.9 Å². The Morgan fingerprint density at radius 3 is 1.58 bits per heavy atom. The van der Waals surface area contributed by atoms with Crippen molar-refractivity contribution in [1.29, 1.82) is 0 Å². The van der Waals surface area contributed by atoms with E-state index >= 15 is 0 Å². The van der Waals surface area contributed by atoms with Gasteiger partial charge in [0.1, 0.15) is 29.3 Å². The van der Waals surface area contributed by atoms with Gasteiger partial charge >= 0.3 is 0 Å². The minimum absolute atomic E-state index is 0.0620. The van der Waals surface area contributed by atoms with Gasteiger partial charge in [0.15, 0.2) is 0 Å². The Bertz CT molecular complexity index is 1140. The number of para-hydroxylation sites is 1. The van der Waals surface area contributed by atoms with Crippen LogP contribution in [0.25, 0.3) is 0 Å². The lowest BCUT2D eigenvalue weighted by Crippen LogP contribution is -2.32. The Kier molecular flexibility index (Phi) is 7.17. The predicted molar refractivity (Wildman–Crippen MR) is 143 cm³/mol. The van der Waals surface area contributed by atoms with Crippen molar-refractivity contribution in [3.63, 3.8) is 0 Å². The molecule has 1 amide bonds. The van der Waals surface area contributed by atoms with Crippen molar-refractivity contribution in [1.82, 2.24) is 0 Å². The molecule has 0 spiro atoms. The fraction of sp³-hybridized carbons (Fsp3) is 0.100. The van der Waals surface area contributed by atoms with Gasteiger partial charge in [0, 0.05) is 16.8 Å². The molecule has 1 N–H and O–H groups in total. The lowest BCUT2D eigenvalue weighted by atomic mass is 10.2. The molecule has 4 aromatic rings. The Labute approximate surface area is 197 Å². The van der Waals surface area contributed by atoms with Crippen LogP contribution < -0.4 is 21.2 Å². The fourth-order valence-electron chi connectivity index (χ4n) is 4.16. The van der Waals surface area contributed by atoms with Gasteiger partial charge in [-0.2, -0.15) is 0 Å². The Hall–Kier alpha value is -3.48. The summed E-state index contributed by atoms with van der Waals surface area (Å²) in [5.41, 5.74) is 2.72. The van der Waals surface area contributed by atoms with Crippen LogP contribution in [0.4, 0.5) is 5.69 Å². The maximum atomic E-state index is 12.7. The number of hydrogen-bond acceptors (Lipinski definition) is 1.